The molecule has 2 aromatic carbocycles. The molecule has 0 spiro atoms. The molecule has 1 aliphatic rings. The number of sulfone groups is 1. The number of fused-ring (bicyclic) bond motifs is 1. The summed E-state index contributed by atoms with van der Waals surface area (Å²) in [6.07, 6.45) is 0.438. The molecule has 0 fully saturated rings. The SMILES string of the molecule is O=S1(=O)CCC(Nc2cc(F)cc(Cl)c2)c2ccccc21. The summed E-state index contributed by atoms with van der Waals surface area (Å²) in [7, 11) is -3.22. The van der Waals surface area contributed by atoms with E-state index in [4.69, 9.17) is 11.6 Å². The monoisotopic (exact) mass is 325 g/mol. The Morgan fingerprint density at radius 2 is 1.95 bits per heavy atom. The van der Waals surface area contributed by atoms with Crippen LogP contribution in [-0.2, 0) is 9.84 Å². The third kappa shape index (κ3) is 2.89. The molecule has 0 saturated heterocycles. The van der Waals surface area contributed by atoms with E-state index in [-0.39, 0.29) is 11.8 Å². The first-order valence-electron chi connectivity index (χ1n) is 6.50. The fraction of sp³-hybridized carbons (Fsp3) is 0.200. The summed E-state index contributed by atoms with van der Waals surface area (Å²) in [5.74, 6) is -0.355. The lowest BCUT2D eigenvalue weighted by Gasteiger charge is -2.27. The first-order chi connectivity index (χ1) is 9.95. The van der Waals surface area contributed by atoms with E-state index in [9.17, 15) is 12.8 Å². The average Bonchev–Trinajstić information content (AvgIpc) is 2.41. The van der Waals surface area contributed by atoms with E-state index in [1.165, 1.54) is 12.1 Å². The van der Waals surface area contributed by atoms with Gasteiger partial charge in [0.1, 0.15) is 5.82 Å². The second-order valence-corrected chi connectivity index (χ2v) is 7.51. The van der Waals surface area contributed by atoms with Crippen molar-refractivity contribution in [3.05, 3.63) is 58.9 Å². The van der Waals surface area contributed by atoms with Crippen molar-refractivity contribution in [3.63, 3.8) is 0 Å². The summed E-state index contributed by atoms with van der Waals surface area (Å²) in [5, 5.41) is 3.47. The fourth-order valence-electron chi connectivity index (χ4n) is 2.58. The number of rotatable bonds is 2. The van der Waals surface area contributed by atoms with E-state index in [2.05, 4.69) is 5.32 Å². The Morgan fingerprint density at radius 1 is 1.19 bits per heavy atom. The summed E-state index contributed by atoms with van der Waals surface area (Å²) in [6, 6.07) is 10.9. The highest BCUT2D eigenvalue weighted by Crippen LogP contribution is 2.34. The summed E-state index contributed by atoms with van der Waals surface area (Å²) in [6.45, 7) is 0. The van der Waals surface area contributed by atoms with Crippen molar-refractivity contribution in [2.45, 2.75) is 17.4 Å². The van der Waals surface area contributed by atoms with Crippen LogP contribution in [0.5, 0.6) is 0 Å². The van der Waals surface area contributed by atoms with Gasteiger partial charge in [0.2, 0.25) is 0 Å². The Hall–Kier alpha value is -1.59. The first kappa shape index (κ1) is 14.4. The van der Waals surface area contributed by atoms with Gasteiger partial charge in [0.25, 0.3) is 0 Å². The molecular weight excluding hydrogens is 313 g/mol. The second-order valence-electron chi connectivity index (χ2n) is 5.00. The number of benzene rings is 2. The maximum absolute atomic E-state index is 13.4. The number of nitrogens with one attached hydrogen (secondary N) is 1. The van der Waals surface area contributed by atoms with E-state index in [0.29, 0.717) is 27.6 Å². The molecule has 1 aliphatic heterocycles. The molecule has 110 valence electrons. The maximum atomic E-state index is 13.4. The smallest absolute Gasteiger partial charge is 0.178 e. The molecule has 1 unspecified atom stereocenters. The van der Waals surface area contributed by atoms with Gasteiger partial charge in [0.05, 0.1) is 16.7 Å². The van der Waals surface area contributed by atoms with E-state index in [1.54, 1.807) is 30.3 Å². The molecule has 0 radical (unpaired) electrons. The minimum absolute atomic E-state index is 0.0741. The summed E-state index contributed by atoms with van der Waals surface area (Å²) in [4.78, 5) is 0.344. The van der Waals surface area contributed by atoms with Crippen LogP contribution in [-0.4, -0.2) is 14.2 Å². The normalized spacial score (nSPS) is 19.8. The summed E-state index contributed by atoms with van der Waals surface area (Å²) in [5.41, 5.74) is 1.25. The van der Waals surface area contributed by atoms with Crippen LogP contribution < -0.4 is 5.32 Å². The Labute approximate surface area is 127 Å². The van der Waals surface area contributed by atoms with Gasteiger partial charge in [-0.1, -0.05) is 29.8 Å². The highest BCUT2D eigenvalue weighted by Gasteiger charge is 2.29. The predicted octanol–water partition coefficient (Wildman–Crippen LogP) is 3.81. The molecule has 0 saturated carbocycles. The molecule has 0 aromatic heterocycles. The lowest BCUT2D eigenvalue weighted by molar-refractivity contribution is 0.575. The van der Waals surface area contributed by atoms with Crippen LogP contribution in [0, 0.1) is 5.82 Å². The van der Waals surface area contributed by atoms with Gasteiger partial charge in [-0.3, -0.25) is 0 Å². The topological polar surface area (TPSA) is 46.2 Å². The molecule has 3 nitrogen and oxygen atoms in total. The lowest BCUT2D eigenvalue weighted by Crippen LogP contribution is -2.24. The van der Waals surface area contributed by atoms with Gasteiger partial charge in [-0.05, 0) is 36.2 Å². The van der Waals surface area contributed by atoms with Crippen molar-refractivity contribution in [2.24, 2.45) is 0 Å². The minimum atomic E-state index is -3.22. The lowest BCUT2D eigenvalue weighted by atomic mass is 10.0. The van der Waals surface area contributed by atoms with Crippen LogP contribution >= 0.6 is 11.6 Å². The van der Waals surface area contributed by atoms with Gasteiger partial charge in [-0.15, -0.1) is 0 Å². The zero-order chi connectivity index (χ0) is 15.0. The molecule has 2 aromatic rings. The third-order valence-electron chi connectivity index (χ3n) is 3.51. The van der Waals surface area contributed by atoms with E-state index in [1.807, 2.05) is 0 Å². The van der Waals surface area contributed by atoms with Crippen LogP contribution in [0.2, 0.25) is 5.02 Å². The number of hydrogen-bond acceptors (Lipinski definition) is 3. The van der Waals surface area contributed by atoms with Crippen LogP contribution in [0.4, 0.5) is 10.1 Å². The number of halogens is 2. The van der Waals surface area contributed by atoms with Crippen LogP contribution in [0.15, 0.2) is 47.4 Å². The first-order valence-corrected chi connectivity index (χ1v) is 8.53. The van der Waals surface area contributed by atoms with Crippen LogP contribution in [0.1, 0.15) is 18.0 Å². The van der Waals surface area contributed by atoms with E-state index in [0.717, 1.165) is 0 Å². The molecule has 1 atom stereocenters. The van der Waals surface area contributed by atoms with Crippen molar-refractivity contribution < 1.29 is 12.8 Å². The van der Waals surface area contributed by atoms with Gasteiger partial charge >= 0.3 is 0 Å². The minimum Gasteiger partial charge on any atom is -0.378 e. The van der Waals surface area contributed by atoms with Crippen molar-refractivity contribution in [2.75, 3.05) is 11.1 Å². The molecule has 0 amide bonds. The molecule has 0 aliphatic carbocycles. The fourth-order valence-corrected chi connectivity index (χ4v) is 4.42. The summed E-state index contributed by atoms with van der Waals surface area (Å²) >= 11 is 5.84. The number of hydrogen-bond donors (Lipinski definition) is 1. The third-order valence-corrected chi connectivity index (χ3v) is 5.54. The van der Waals surface area contributed by atoms with Crippen molar-refractivity contribution >= 4 is 27.1 Å². The molecule has 6 heteroatoms. The van der Waals surface area contributed by atoms with Gasteiger partial charge in [0.15, 0.2) is 9.84 Å². The van der Waals surface area contributed by atoms with E-state index < -0.39 is 15.7 Å². The van der Waals surface area contributed by atoms with Gasteiger partial charge in [-0.25, -0.2) is 12.8 Å². The molecule has 0 bridgehead atoms. The van der Waals surface area contributed by atoms with E-state index >= 15 is 0 Å². The Kier molecular flexibility index (Phi) is 3.63. The van der Waals surface area contributed by atoms with Crippen molar-refractivity contribution in [1.82, 2.24) is 0 Å². The standard InChI is InChI=1S/C15H13ClFNO2S/c16-10-7-11(17)9-12(8-10)18-14-5-6-21(19,20)15-4-2-1-3-13(14)15/h1-4,7-9,14,18H,5-6H2. The second kappa shape index (κ2) is 5.31. The number of anilines is 1. The predicted molar refractivity (Wildman–Crippen MR) is 80.9 cm³/mol. The molecule has 3 rings (SSSR count). The average molecular weight is 326 g/mol. The highest BCUT2D eigenvalue weighted by atomic mass is 35.5. The van der Waals surface area contributed by atoms with Crippen LogP contribution in [0.25, 0.3) is 0 Å². The Morgan fingerprint density at radius 3 is 2.71 bits per heavy atom. The molecule has 1 heterocycles. The summed E-state index contributed by atoms with van der Waals surface area (Å²) < 4.78 is 37.5. The Bertz CT molecular complexity index is 772. The zero-order valence-corrected chi connectivity index (χ0v) is 12.6. The quantitative estimate of drug-likeness (QED) is 0.913. The zero-order valence-electron chi connectivity index (χ0n) is 11.0. The molecule has 1 N–H and O–H groups in total. The highest BCUT2D eigenvalue weighted by molar-refractivity contribution is 7.91. The van der Waals surface area contributed by atoms with Crippen molar-refractivity contribution in [3.8, 4) is 0 Å². The van der Waals surface area contributed by atoms with Crippen LogP contribution in [0.3, 0.4) is 0 Å². The maximum Gasteiger partial charge on any atom is 0.178 e. The van der Waals surface area contributed by atoms with Crippen molar-refractivity contribution in [1.29, 1.82) is 0 Å². The van der Waals surface area contributed by atoms with Gasteiger partial charge in [-0.2, -0.15) is 0 Å². The molecular formula is C15H13ClFNO2S. The Balaban J connectivity index is 1.97. The molecule has 21 heavy (non-hydrogen) atoms. The largest absolute Gasteiger partial charge is 0.378 e. The van der Waals surface area contributed by atoms with Gasteiger partial charge < -0.3 is 5.32 Å². The van der Waals surface area contributed by atoms with Gasteiger partial charge in [0, 0.05) is 10.7 Å².